The van der Waals surface area contributed by atoms with Gasteiger partial charge in [0.05, 0.1) is 0 Å². The van der Waals surface area contributed by atoms with Crippen LogP contribution in [0.5, 0.6) is 0 Å². The molecular formula is C10H6BBr. The van der Waals surface area contributed by atoms with Gasteiger partial charge in [0.1, 0.15) is 0 Å². The summed E-state index contributed by atoms with van der Waals surface area (Å²) in [5.41, 5.74) is 8.88. The van der Waals surface area contributed by atoms with Crippen molar-refractivity contribution in [2.75, 3.05) is 0 Å². The zero-order valence-electron chi connectivity index (χ0n) is 6.42. The number of halogens is 1. The molecule has 2 rings (SSSR count). The summed E-state index contributed by atoms with van der Waals surface area (Å²) in [6.07, 6.45) is 11.9. The van der Waals surface area contributed by atoms with E-state index in [0.717, 1.165) is 10.9 Å². The molecule has 0 aromatic carbocycles. The molecule has 0 heterocycles. The molecule has 12 heavy (non-hydrogen) atoms. The molecule has 56 valence electrons. The average Bonchev–Trinajstić information content (AvgIpc) is 2.77. The highest BCUT2D eigenvalue weighted by Gasteiger charge is 2.18. The Morgan fingerprint density at radius 3 is 1.83 bits per heavy atom. The molecule has 0 saturated carbocycles. The second-order valence-electron chi connectivity index (χ2n) is 2.61. The number of allylic oxidation sites excluding steroid dienone is 6. The van der Waals surface area contributed by atoms with E-state index in [1.165, 1.54) is 0 Å². The van der Waals surface area contributed by atoms with Crippen LogP contribution in [0.15, 0.2) is 58.9 Å². The number of rotatable bonds is 2. The first-order valence-electron chi connectivity index (χ1n) is 3.78. The SMILES string of the molecule is BrB(C1=C=CC=C1)C1=C=CC=C1. The highest BCUT2D eigenvalue weighted by molar-refractivity contribution is 9.25. The summed E-state index contributed by atoms with van der Waals surface area (Å²) in [7, 11) is 0. The lowest BCUT2D eigenvalue weighted by Gasteiger charge is -2.01. The van der Waals surface area contributed by atoms with Crippen molar-refractivity contribution in [1.29, 1.82) is 0 Å². The maximum Gasteiger partial charge on any atom is 0.303 e. The Bertz CT molecular complexity index is 348. The smallest absolute Gasteiger partial charge is 0.141 e. The molecule has 2 aliphatic carbocycles. The third kappa shape index (κ3) is 1.33. The van der Waals surface area contributed by atoms with Gasteiger partial charge in [0.2, 0.25) is 0 Å². The lowest BCUT2D eigenvalue weighted by Crippen LogP contribution is -2.06. The van der Waals surface area contributed by atoms with Crippen LogP contribution in [0.1, 0.15) is 0 Å². The van der Waals surface area contributed by atoms with Crippen LogP contribution < -0.4 is 0 Å². The van der Waals surface area contributed by atoms with Crippen molar-refractivity contribution in [3.63, 3.8) is 0 Å². The Morgan fingerprint density at radius 2 is 1.50 bits per heavy atom. The predicted molar refractivity (Wildman–Crippen MR) is 56.2 cm³/mol. The van der Waals surface area contributed by atoms with Crippen LogP contribution in [0.4, 0.5) is 0 Å². The summed E-state index contributed by atoms with van der Waals surface area (Å²) in [4.78, 5) is 0. The molecule has 0 atom stereocenters. The first-order chi connectivity index (χ1) is 5.88. The molecule has 0 aromatic rings. The first-order valence-corrected chi connectivity index (χ1v) is 4.70. The molecule has 2 heteroatoms. The highest BCUT2D eigenvalue weighted by atomic mass is 79.9. The lowest BCUT2D eigenvalue weighted by atomic mass is 9.63. The van der Waals surface area contributed by atoms with E-state index >= 15 is 0 Å². The van der Waals surface area contributed by atoms with Crippen LogP contribution in [0.25, 0.3) is 0 Å². The third-order valence-corrected chi connectivity index (χ3v) is 2.78. The van der Waals surface area contributed by atoms with Gasteiger partial charge in [-0.3, -0.25) is 0 Å². The molecule has 0 aliphatic heterocycles. The average molecular weight is 217 g/mol. The van der Waals surface area contributed by atoms with Gasteiger partial charge in [0.15, 0.2) is 0 Å². The fourth-order valence-corrected chi connectivity index (χ4v) is 1.74. The summed E-state index contributed by atoms with van der Waals surface area (Å²) < 4.78 is 0. The predicted octanol–water partition coefficient (Wildman–Crippen LogP) is 2.75. The molecule has 0 aromatic heterocycles. The van der Waals surface area contributed by atoms with Crippen molar-refractivity contribution in [3.8, 4) is 0 Å². The molecule has 0 bridgehead atoms. The minimum atomic E-state index is 0.238. The van der Waals surface area contributed by atoms with Gasteiger partial charge in [-0.1, -0.05) is 24.3 Å². The van der Waals surface area contributed by atoms with Gasteiger partial charge >= 0.3 is 5.54 Å². The van der Waals surface area contributed by atoms with Crippen molar-refractivity contribution in [3.05, 3.63) is 58.9 Å². The molecule has 0 radical (unpaired) electrons. The summed E-state index contributed by atoms with van der Waals surface area (Å²) in [6, 6.07) is 0. The van der Waals surface area contributed by atoms with Gasteiger partial charge in [-0.15, -0.1) is 27.2 Å². The van der Waals surface area contributed by atoms with E-state index in [0.29, 0.717) is 0 Å². The minimum absolute atomic E-state index is 0.238. The second-order valence-corrected chi connectivity index (χ2v) is 3.53. The molecular weight excluding hydrogens is 211 g/mol. The van der Waals surface area contributed by atoms with Gasteiger partial charge in [-0.2, -0.15) is 0 Å². The second kappa shape index (κ2) is 3.20. The number of hydrogen-bond acceptors (Lipinski definition) is 0. The van der Waals surface area contributed by atoms with Crippen LogP contribution in [0.3, 0.4) is 0 Å². The summed E-state index contributed by atoms with van der Waals surface area (Å²) in [5.74, 6) is 0. The Morgan fingerprint density at radius 1 is 1.00 bits per heavy atom. The zero-order valence-corrected chi connectivity index (χ0v) is 8.01. The third-order valence-electron chi connectivity index (χ3n) is 1.79. The maximum atomic E-state index is 3.59. The van der Waals surface area contributed by atoms with Crippen molar-refractivity contribution in [1.82, 2.24) is 0 Å². The van der Waals surface area contributed by atoms with Crippen LogP contribution >= 0.6 is 15.8 Å². The summed E-state index contributed by atoms with van der Waals surface area (Å²) in [5, 5.41) is 0. The largest absolute Gasteiger partial charge is 0.303 e. The van der Waals surface area contributed by atoms with E-state index < -0.39 is 0 Å². The van der Waals surface area contributed by atoms with Crippen molar-refractivity contribution in [2.24, 2.45) is 0 Å². The van der Waals surface area contributed by atoms with Crippen molar-refractivity contribution in [2.45, 2.75) is 0 Å². The molecule has 0 N–H and O–H groups in total. The van der Waals surface area contributed by atoms with Gasteiger partial charge in [0.25, 0.3) is 0 Å². The van der Waals surface area contributed by atoms with Crippen LogP contribution in [0.2, 0.25) is 0 Å². The summed E-state index contributed by atoms with van der Waals surface area (Å²) >= 11 is 3.59. The molecule has 0 unspecified atom stereocenters. The fraction of sp³-hybridized carbons (Fsp3) is 0. The topological polar surface area (TPSA) is 0 Å². The monoisotopic (exact) mass is 216 g/mol. The van der Waals surface area contributed by atoms with Gasteiger partial charge in [-0.05, 0) is 23.1 Å². The summed E-state index contributed by atoms with van der Waals surface area (Å²) in [6.45, 7) is 0. The van der Waals surface area contributed by atoms with Crippen LogP contribution in [0, 0.1) is 0 Å². The van der Waals surface area contributed by atoms with Gasteiger partial charge in [-0.25, -0.2) is 0 Å². The lowest BCUT2D eigenvalue weighted by molar-refractivity contribution is 1.90. The highest BCUT2D eigenvalue weighted by Crippen LogP contribution is 2.20. The molecule has 0 saturated heterocycles. The number of hydrogen-bond donors (Lipinski definition) is 0. The zero-order chi connectivity index (χ0) is 8.39. The van der Waals surface area contributed by atoms with Crippen molar-refractivity contribution >= 4 is 21.3 Å². The molecule has 0 nitrogen and oxygen atoms in total. The van der Waals surface area contributed by atoms with E-state index in [1.54, 1.807) is 0 Å². The molecule has 0 fully saturated rings. The van der Waals surface area contributed by atoms with E-state index in [2.05, 4.69) is 39.4 Å². The van der Waals surface area contributed by atoms with E-state index in [-0.39, 0.29) is 5.54 Å². The van der Waals surface area contributed by atoms with E-state index in [4.69, 9.17) is 0 Å². The Hall–Kier alpha value is -0.935. The van der Waals surface area contributed by atoms with E-state index in [1.807, 2.05) is 24.3 Å². The Labute approximate surface area is 80.4 Å². The van der Waals surface area contributed by atoms with Crippen LogP contribution in [-0.2, 0) is 0 Å². The van der Waals surface area contributed by atoms with Crippen LogP contribution in [-0.4, -0.2) is 5.54 Å². The van der Waals surface area contributed by atoms with Gasteiger partial charge < -0.3 is 0 Å². The van der Waals surface area contributed by atoms with Gasteiger partial charge in [0, 0.05) is 0 Å². The molecule has 2 aliphatic rings. The standard InChI is InChI=1S/C10H6BBr/c12-11(9-5-1-2-6-9)10-7-3-4-8-10/h1-5,7H. The molecule has 0 spiro atoms. The maximum absolute atomic E-state index is 3.59. The Balaban J connectivity index is 2.26. The van der Waals surface area contributed by atoms with E-state index in [9.17, 15) is 0 Å². The minimum Gasteiger partial charge on any atom is -0.141 e. The first kappa shape index (κ1) is 7.70. The normalized spacial score (nSPS) is 17.1. The fourth-order valence-electron chi connectivity index (χ4n) is 1.17. The quantitative estimate of drug-likeness (QED) is 0.492. The molecule has 0 amide bonds. The van der Waals surface area contributed by atoms with Crippen molar-refractivity contribution < 1.29 is 0 Å². The Kier molecular flexibility index (Phi) is 2.06.